The molecule has 0 aliphatic carbocycles. The number of aromatic nitrogens is 3. The molecule has 6 nitrogen and oxygen atoms in total. The Balaban J connectivity index is 1.72. The Labute approximate surface area is 239 Å². The molecule has 1 fully saturated rings. The maximum Gasteiger partial charge on any atom is 0.433 e. The lowest BCUT2D eigenvalue weighted by Gasteiger charge is -2.27. The molecule has 218 valence electrons. The predicted octanol–water partition coefficient (Wildman–Crippen LogP) is 7.77. The number of para-hydroxylation sites is 1. The van der Waals surface area contributed by atoms with Gasteiger partial charge in [0.2, 0.25) is 0 Å². The van der Waals surface area contributed by atoms with Crippen LogP contribution in [0.2, 0.25) is 0 Å². The van der Waals surface area contributed by atoms with Gasteiger partial charge in [0.1, 0.15) is 23.2 Å². The van der Waals surface area contributed by atoms with E-state index in [0.29, 0.717) is 37.4 Å². The number of hydrogen-bond acceptors (Lipinski definition) is 5. The fraction of sp³-hybridized carbons (Fsp3) is 0.290. The van der Waals surface area contributed by atoms with E-state index in [1.165, 1.54) is 12.4 Å². The average molecular weight is 583 g/mol. The molecule has 5 rings (SSSR count). The normalized spacial score (nSPS) is 14.3. The lowest BCUT2D eigenvalue weighted by atomic mass is 9.84. The zero-order valence-corrected chi connectivity index (χ0v) is 22.8. The molecule has 2 aromatic carbocycles. The van der Waals surface area contributed by atoms with Crippen LogP contribution < -0.4 is 5.32 Å². The van der Waals surface area contributed by atoms with E-state index in [2.05, 4.69) is 20.3 Å². The lowest BCUT2D eigenvalue weighted by molar-refractivity contribution is -0.141. The number of halogens is 5. The first-order valence-electron chi connectivity index (χ1n) is 13.4. The SMILES string of the molecule is CC(C)c1ncc(C(=O)Nc2ccccc2-c2c(-c3cc(F)ccc3F)cc(C(F)(F)F)nc2C2CCOCC2)cn1. The fourth-order valence-corrected chi connectivity index (χ4v) is 4.93. The van der Waals surface area contributed by atoms with E-state index in [1.807, 2.05) is 13.8 Å². The smallest absolute Gasteiger partial charge is 0.381 e. The number of nitrogens with zero attached hydrogens (tertiary/aromatic N) is 3. The van der Waals surface area contributed by atoms with Crippen molar-refractivity contribution >= 4 is 11.6 Å². The summed E-state index contributed by atoms with van der Waals surface area (Å²) in [4.78, 5) is 25.7. The van der Waals surface area contributed by atoms with Crippen molar-refractivity contribution in [3.8, 4) is 22.3 Å². The van der Waals surface area contributed by atoms with E-state index in [4.69, 9.17) is 4.74 Å². The third-order valence-corrected chi connectivity index (χ3v) is 7.06. The summed E-state index contributed by atoms with van der Waals surface area (Å²) < 4.78 is 77.4. The van der Waals surface area contributed by atoms with E-state index in [9.17, 15) is 22.4 Å². The van der Waals surface area contributed by atoms with Crippen LogP contribution >= 0.6 is 0 Å². The van der Waals surface area contributed by atoms with Crippen molar-refractivity contribution in [1.82, 2.24) is 15.0 Å². The average Bonchev–Trinajstić information content (AvgIpc) is 2.98. The second-order valence-corrected chi connectivity index (χ2v) is 10.3. The van der Waals surface area contributed by atoms with E-state index in [0.717, 1.165) is 24.3 Å². The molecule has 4 aromatic rings. The number of rotatable bonds is 6. The molecule has 0 unspecified atom stereocenters. The van der Waals surface area contributed by atoms with Gasteiger partial charge in [-0.05, 0) is 48.7 Å². The van der Waals surface area contributed by atoms with Crippen LogP contribution in [0.3, 0.4) is 0 Å². The number of carbonyl (C=O) groups excluding carboxylic acids is 1. The summed E-state index contributed by atoms with van der Waals surface area (Å²) in [5.74, 6) is -2.12. The molecule has 1 aliphatic heterocycles. The molecule has 1 aliphatic rings. The van der Waals surface area contributed by atoms with E-state index in [-0.39, 0.29) is 39.6 Å². The van der Waals surface area contributed by atoms with Gasteiger partial charge in [-0.2, -0.15) is 13.2 Å². The fourth-order valence-electron chi connectivity index (χ4n) is 4.93. The molecule has 1 saturated heterocycles. The van der Waals surface area contributed by atoms with E-state index < -0.39 is 35.3 Å². The topological polar surface area (TPSA) is 77.0 Å². The Morgan fingerprint density at radius 1 is 0.952 bits per heavy atom. The molecule has 1 N–H and O–H groups in total. The van der Waals surface area contributed by atoms with Gasteiger partial charge in [-0.1, -0.05) is 32.0 Å². The number of carbonyl (C=O) groups is 1. The molecule has 0 bridgehead atoms. The van der Waals surface area contributed by atoms with Gasteiger partial charge in [-0.15, -0.1) is 0 Å². The molecule has 0 radical (unpaired) electrons. The second kappa shape index (κ2) is 11.9. The van der Waals surface area contributed by atoms with Crippen molar-refractivity contribution in [2.75, 3.05) is 18.5 Å². The summed E-state index contributed by atoms with van der Waals surface area (Å²) in [7, 11) is 0. The number of benzene rings is 2. The molecule has 1 amide bonds. The lowest BCUT2D eigenvalue weighted by Crippen LogP contribution is -2.20. The summed E-state index contributed by atoms with van der Waals surface area (Å²) in [6.07, 6.45) is -1.32. The summed E-state index contributed by atoms with van der Waals surface area (Å²) in [5.41, 5.74) is -0.835. The Morgan fingerprint density at radius 2 is 1.64 bits per heavy atom. The Morgan fingerprint density at radius 3 is 2.31 bits per heavy atom. The van der Waals surface area contributed by atoms with Crippen molar-refractivity contribution < 1.29 is 31.5 Å². The third-order valence-electron chi connectivity index (χ3n) is 7.06. The Kier molecular flexibility index (Phi) is 8.31. The van der Waals surface area contributed by atoms with Crippen LogP contribution in [-0.4, -0.2) is 34.1 Å². The first-order chi connectivity index (χ1) is 20.0. The monoisotopic (exact) mass is 582 g/mol. The molecule has 0 spiro atoms. The van der Waals surface area contributed by atoms with Crippen LogP contribution in [0.1, 0.15) is 66.1 Å². The number of ether oxygens (including phenoxy) is 1. The number of nitrogens with one attached hydrogen (secondary N) is 1. The van der Waals surface area contributed by atoms with Crippen LogP contribution in [0.4, 0.5) is 27.6 Å². The van der Waals surface area contributed by atoms with E-state index in [1.54, 1.807) is 24.3 Å². The molecular formula is C31H27F5N4O2. The molecular weight excluding hydrogens is 555 g/mol. The maximum absolute atomic E-state index is 15.2. The van der Waals surface area contributed by atoms with Crippen LogP contribution in [0.5, 0.6) is 0 Å². The molecule has 2 aromatic heterocycles. The van der Waals surface area contributed by atoms with Gasteiger partial charge >= 0.3 is 6.18 Å². The van der Waals surface area contributed by atoms with Gasteiger partial charge < -0.3 is 10.1 Å². The van der Waals surface area contributed by atoms with Gasteiger partial charge in [0.05, 0.1) is 11.3 Å². The third kappa shape index (κ3) is 6.15. The van der Waals surface area contributed by atoms with Crippen molar-refractivity contribution in [2.24, 2.45) is 0 Å². The predicted molar refractivity (Wildman–Crippen MR) is 147 cm³/mol. The summed E-state index contributed by atoms with van der Waals surface area (Å²) in [6, 6.07) is 9.81. The standard InChI is InChI=1S/C31H27F5N4O2/c1-17(2)29-37-15-19(16-38-29)30(41)39-25-6-4-3-5-21(25)27-23(22-13-20(32)7-8-24(22)33)14-26(31(34,35)36)40-28(27)18-9-11-42-12-10-18/h3-8,13-18H,9-12H2,1-2H3,(H,39,41). The highest BCUT2D eigenvalue weighted by atomic mass is 19.4. The second-order valence-electron chi connectivity index (χ2n) is 10.3. The number of pyridine rings is 1. The first kappa shape index (κ1) is 29.2. The maximum atomic E-state index is 15.2. The minimum absolute atomic E-state index is 0.0558. The number of amides is 1. The highest BCUT2D eigenvalue weighted by Crippen LogP contribution is 2.45. The minimum atomic E-state index is -4.85. The van der Waals surface area contributed by atoms with Gasteiger partial charge in [0, 0.05) is 59.8 Å². The Hall–Kier alpha value is -4.25. The molecule has 0 saturated carbocycles. The van der Waals surface area contributed by atoms with E-state index >= 15 is 4.39 Å². The zero-order chi connectivity index (χ0) is 30.0. The van der Waals surface area contributed by atoms with Gasteiger partial charge in [-0.3, -0.25) is 4.79 Å². The largest absolute Gasteiger partial charge is 0.433 e. The summed E-state index contributed by atoms with van der Waals surface area (Å²) in [5, 5.41) is 2.79. The quantitative estimate of drug-likeness (QED) is 0.235. The summed E-state index contributed by atoms with van der Waals surface area (Å²) in [6.45, 7) is 4.43. The van der Waals surface area contributed by atoms with Crippen molar-refractivity contribution in [3.05, 3.63) is 95.3 Å². The molecule has 11 heteroatoms. The van der Waals surface area contributed by atoms with Gasteiger partial charge in [0.25, 0.3) is 5.91 Å². The van der Waals surface area contributed by atoms with Crippen molar-refractivity contribution in [1.29, 1.82) is 0 Å². The minimum Gasteiger partial charge on any atom is -0.381 e. The highest BCUT2D eigenvalue weighted by Gasteiger charge is 2.37. The van der Waals surface area contributed by atoms with Crippen LogP contribution in [0.25, 0.3) is 22.3 Å². The van der Waals surface area contributed by atoms with Crippen LogP contribution in [0.15, 0.2) is 60.9 Å². The van der Waals surface area contributed by atoms with Gasteiger partial charge in [0.15, 0.2) is 0 Å². The number of hydrogen-bond donors (Lipinski definition) is 1. The molecule has 3 heterocycles. The summed E-state index contributed by atoms with van der Waals surface area (Å²) >= 11 is 0. The molecule has 42 heavy (non-hydrogen) atoms. The first-order valence-corrected chi connectivity index (χ1v) is 13.4. The molecule has 0 atom stereocenters. The zero-order valence-electron chi connectivity index (χ0n) is 22.8. The van der Waals surface area contributed by atoms with Crippen molar-refractivity contribution in [2.45, 2.75) is 44.7 Å². The Bertz CT molecular complexity index is 1600. The van der Waals surface area contributed by atoms with Crippen LogP contribution in [-0.2, 0) is 10.9 Å². The highest BCUT2D eigenvalue weighted by molar-refractivity contribution is 6.06. The number of alkyl halides is 3. The van der Waals surface area contributed by atoms with Crippen molar-refractivity contribution in [3.63, 3.8) is 0 Å². The number of anilines is 1. The van der Waals surface area contributed by atoms with Crippen LogP contribution in [0, 0.1) is 11.6 Å². The van der Waals surface area contributed by atoms with Gasteiger partial charge in [-0.25, -0.2) is 23.7 Å².